The minimum atomic E-state index is -0.354. The van der Waals surface area contributed by atoms with Crippen LogP contribution in [0.4, 0.5) is 4.39 Å². The van der Waals surface area contributed by atoms with Crippen LogP contribution in [-0.4, -0.2) is 11.0 Å². The standard InChI is InChI=1S/C16H16FNO2/c1-10-3-6-15(19)13(7-10)16(20)18-9-12-4-5-14(17)11(2)8-12/h3-8,19H,9H2,1-2H3,(H,18,20). The minimum absolute atomic E-state index is 0.0524. The van der Waals surface area contributed by atoms with Crippen molar-refractivity contribution in [1.29, 1.82) is 0 Å². The Kier molecular flexibility index (Phi) is 4.03. The minimum Gasteiger partial charge on any atom is -0.507 e. The van der Waals surface area contributed by atoms with E-state index in [9.17, 15) is 14.3 Å². The number of hydrogen-bond donors (Lipinski definition) is 2. The number of carbonyl (C=O) groups excluding carboxylic acids is 1. The summed E-state index contributed by atoms with van der Waals surface area (Å²) in [5.74, 6) is -0.673. The Hall–Kier alpha value is -2.36. The monoisotopic (exact) mass is 273 g/mol. The summed E-state index contributed by atoms with van der Waals surface area (Å²) in [6.07, 6.45) is 0. The molecule has 3 nitrogen and oxygen atoms in total. The molecular formula is C16H16FNO2. The molecular weight excluding hydrogens is 257 g/mol. The maximum Gasteiger partial charge on any atom is 0.255 e. The Morgan fingerprint density at radius 2 is 1.95 bits per heavy atom. The lowest BCUT2D eigenvalue weighted by Crippen LogP contribution is -2.23. The summed E-state index contributed by atoms with van der Waals surface area (Å²) >= 11 is 0. The van der Waals surface area contributed by atoms with Crippen molar-refractivity contribution in [3.8, 4) is 5.75 Å². The van der Waals surface area contributed by atoms with Gasteiger partial charge in [0.1, 0.15) is 11.6 Å². The third-order valence-corrected chi connectivity index (χ3v) is 3.07. The van der Waals surface area contributed by atoms with E-state index in [1.54, 1.807) is 31.2 Å². The van der Waals surface area contributed by atoms with Gasteiger partial charge in [-0.05, 0) is 43.2 Å². The zero-order valence-corrected chi connectivity index (χ0v) is 11.4. The van der Waals surface area contributed by atoms with Crippen LogP contribution < -0.4 is 5.32 Å². The average molecular weight is 273 g/mol. The first-order chi connectivity index (χ1) is 9.47. The van der Waals surface area contributed by atoms with Crippen molar-refractivity contribution in [3.05, 3.63) is 64.5 Å². The van der Waals surface area contributed by atoms with Crippen LogP contribution >= 0.6 is 0 Å². The Labute approximate surface area is 117 Å². The first-order valence-electron chi connectivity index (χ1n) is 6.30. The van der Waals surface area contributed by atoms with Crippen LogP contribution in [0.2, 0.25) is 0 Å². The van der Waals surface area contributed by atoms with Gasteiger partial charge in [-0.25, -0.2) is 4.39 Å². The fraction of sp³-hybridized carbons (Fsp3) is 0.188. The molecule has 0 bridgehead atoms. The maximum atomic E-state index is 13.1. The Balaban J connectivity index is 2.08. The Morgan fingerprint density at radius 3 is 2.65 bits per heavy atom. The van der Waals surface area contributed by atoms with Gasteiger partial charge in [-0.15, -0.1) is 0 Å². The molecule has 0 aliphatic carbocycles. The van der Waals surface area contributed by atoms with Crippen molar-refractivity contribution in [2.45, 2.75) is 20.4 Å². The van der Waals surface area contributed by atoms with E-state index in [1.807, 2.05) is 6.92 Å². The maximum absolute atomic E-state index is 13.1. The zero-order chi connectivity index (χ0) is 14.7. The molecule has 4 heteroatoms. The number of hydrogen-bond acceptors (Lipinski definition) is 2. The molecule has 0 aromatic heterocycles. The molecule has 0 aliphatic heterocycles. The van der Waals surface area contributed by atoms with Crippen molar-refractivity contribution in [3.63, 3.8) is 0 Å². The number of phenolic OH excluding ortho intramolecular Hbond substituents is 1. The zero-order valence-electron chi connectivity index (χ0n) is 11.4. The van der Waals surface area contributed by atoms with E-state index in [0.29, 0.717) is 5.56 Å². The van der Waals surface area contributed by atoms with Gasteiger partial charge in [-0.1, -0.05) is 23.8 Å². The molecule has 0 fully saturated rings. The van der Waals surface area contributed by atoms with Crippen molar-refractivity contribution in [1.82, 2.24) is 5.32 Å². The molecule has 0 aliphatic rings. The topological polar surface area (TPSA) is 49.3 Å². The van der Waals surface area contributed by atoms with Gasteiger partial charge < -0.3 is 10.4 Å². The molecule has 20 heavy (non-hydrogen) atoms. The van der Waals surface area contributed by atoms with E-state index in [1.165, 1.54) is 12.1 Å². The van der Waals surface area contributed by atoms with Crippen LogP contribution in [0.5, 0.6) is 5.75 Å². The molecule has 0 heterocycles. The molecule has 0 saturated heterocycles. The third-order valence-electron chi connectivity index (χ3n) is 3.07. The molecule has 1 amide bonds. The highest BCUT2D eigenvalue weighted by atomic mass is 19.1. The van der Waals surface area contributed by atoms with Gasteiger partial charge in [0, 0.05) is 6.54 Å². The molecule has 2 aromatic rings. The van der Waals surface area contributed by atoms with Gasteiger partial charge in [0.15, 0.2) is 0 Å². The smallest absolute Gasteiger partial charge is 0.255 e. The highest BCUT2D eigenvalue weighted by molar-refractivity contribution is 5.96. The van der Waals surface area contributed by atoms with Gasteiger partial charge in [-0.2, -0.15) is 0 Å². The predicted octanol–water partition coefficient (Wildman–Crippen LogP) is 3.08. The third kappa shape index (κ3) is 3.15. The molecule has 2 N–H and O–H groups in total. The number of amides is 1. The van der Waals surface area contributed by atoms with E-state index >= 15 is 0 Å². The number of aryl methyl sites for hydroxylation is 2. The van der Waals surface area contributed by atoms with Gasteiger partial charge >= 0.3 is 0 Å². The fourth-order valence-electron chi connectivity index (χ4n) is 1.93. The lowest BCUT2D eigenvalue weighted by atomic mass is 10.1. The van der Waals surface area contributed by atoms with Crippen molar-refractivity contribution < 1.29 is 14.3 Å². The van der Waals surface area contributed by atoms with Crippen LogP contribution in [0.15, 0.2) is 36.4 Å². The average Bonchev–Trinajstić information content (AvgIpc) is 2.42. The lowest BCUT2D eigenvalue weighted by molar-refractivity contribution is 0.0948. The van der Waals surface area contributed by atoms with Crippen molar-refractivity contribution in [2.75, 3.05) is 0 Å². The first-order valence-corrected chi connectivity index (χ1v) is 6.30. The quantitative estimate of drug-likeness (QED) is 0.903. The van der Waals surface area contributed by atoms with Crippen LogP contribution in [0.3, 0.4) is 0 Å². The van der Waals surface area contributed by atoms with Crippen LogP contribution in [0, 0.1) is 19.7 Å². The largest absolute Gasteiger partial charge is 0.507 e. The number of aromatic hydroxyl groups is 1. The summed E-state index contributed by atoms with van der Waals surface area (Å²) in [5, 5.41) is 12.4. The molecule has 2 rings (SSSR count). The van der Waals surface area contributed by atoms with E-state index in [-0.39, 0.29) is 29.6 Å². The van der Waals surface area contributed by atoms with Crippen molar-refractivity contribution >= 4 is 5.91 Å². The Morgan fingerprint density at radius 1 is 1.20 bits per heavy atom. The van der Waals surface area contributed by atoms with Crippen LogP contribution in [0.1, 0.15) is 27.0 Å². The molecule has 0 unspecified atom stereocenters. The molecule has 0 atom stereocenters. The number of phenols is 1. The summed E-state index contributed by atoms with van der Waals surface area (Å²) in [4.78, 5) is 12.0. The number of carbonyl (C=O) groups is 1. The normalized spacial score (nSPS) is 10.3. The Bertz CT molecular complexity index is 653. The second-order valence-corrected chi connectivity index (χ2v) is 4.79. The number of halogens is 1. The van der Waals surface area contributed by atoms with Crippen molar-refractivity contribution in [2.24, 2.45) is 0 Å². The molecule has 2 aromatic carbocycles. The molecule has 104 valence electrons. The SMILES string of the molecule is Cc1ccc(O)c(C(=O)NCc2ccc(F)c(C)c2)c1. The van der Waals surface area contributed by atoms with E-state index < -0.39 is 0 Å². The van der Waals surface area contributed by atoms with Gasteiger partial charge in [0.2, 0.25) is 0 Å². The van der Waals surface area contributed by atoms with Crippen LogP contribution in [-0.2, 0) is 6.54 Å². The highest BCUT2D eigenvalue weighted by Crippen LogP contribution is 2.18. The molecule has 0 radical (unpaired) electrons. The first kappa shape index (κ1) is 14.1. The van der Waals surface area contributed by atoms with Gasteiger partial charge in [0.05, 0.1) is 5.56 Å². The second kappa shape index (κ2) is 5.74. The van der Waals surface area contributed by atoms with Gasteiger partial charge in [-0.3, -0.25) is 4.79 Å². The fourth-order valence-corrected chi connectivity index (χ4v) is 1.93. The molecule has 0 saturated carbocycles. The van der Waals surface area contributed by atoms with Crippen LogP contribution in [0.25, 0.3) is 0 Å². The number of nitrogens with one attached hydrogen (secondary N) is 1. The summed E-state index contributed by atoms with van der Waals surface area (Å²) in [6.45, 7) is 3.81. The predicted molar refractivity (Wildman–Crippen MR) is 75.2 cm³/mol. The van der Waals surface area contributed by atoms with Gasteiger partial charge in [0.25, 0.3) is 5.91 Å². The molecule has 0 spiro atoms. The lowest BCUT2D eigenvalue weighted by Gasteiger charge is -2.08. The summed E-state index contributed by atoms with van der Waals surface area (Å²) in [7, 11) is 0. The summed E-state index contributed by atoms with van der Waals surface area (Å²) in [5.41, 5.74) is 2.48. The summed E-state index contributed by atoms with van der Waals surface area (Å²) < 4.78 is 13.1. The van der Waals surface area contributed by atoms with E-state index in [2.05, 4.69) is 5.32 Å². The summed E-state index contributed by atoms with van der Waals surface area (Å²) in [6, 6.07) is 9.54. The highest BCUT2D eigenvalue weighted by Gasteiger charge is 2.11. The van der Waals surface area contributed by atoms with E-state index in [0.717, 1.165) is 11.1 Å². The number of rotatable bonds is 3. The van der Waals surface area contributed by atoms with E-state index in [4.69, 9.17) is 0 Å². The number of benzene rings is 2. The second-order valence-electron chi connectivity index (χ2n) is 4.79.